The van der Waals surface area contributed by atoms with Gasteiger partial charge < -0.3 is 14.4 Å². The van der Waals surface area contributed by atoms with E-state index in [9.17, 15) is 27.6 Å². The molecule has 8 rings (SSSR count). The van der Waals surface area contributed by atoms with Crippen LogP contribution in [0.25, 0.3) is 21.6 Å². The van der Waals surface area contributed by atoms with Crippen molar-refractivity contribution in [2.45, 2.75) is 160 Å². The number of benzene rings is 1. The summed E-state index contributed by atoms with van der Waals surface area (Å²) in [6.45, 7) is 11.2. The van der Waals surface area contributed by atoms with Crippen LogP contribution >= 0.6 is 11.3 Å². The molecule has 0 unspecified atom stereocenters. The van der Waals surface area contributed by atoms with Gasteiger partial charge in [-0.05, 0) is 117 Å². The highest BCUT2D eigenvalue weighted by atomic mass is 32.2. The molecule has 324 valence electrons. The lowest BCUT2D eigenvalue weighted by Gasteiger charge is -2.29. The average molecular weight is 862 g/mol. The van der Waals surface area contributed by atoms with Crippen molar-refractivity contribution < 1.29 is 37.1 Å². The number of hydrogen-bond acceptors (Lipinski definition) is 11. The number of ether oxygens (including phenoxy) is 2. The number of nitrogens with zero attached hydrogens (tertiary/aromatic N) is 4. The maximum absolute atomic E-state index is 14.8. The molecule has 3 aliphatic carbocycles. The Morgan fingerprint density at radius 2 is 1.85 bits per heavy atom. The summed E-state index contributed by atoms with van der Waals surface area (Å²) in [5.41, 5.74) is 1.75. The summed E-state index contributed by atoms with van der Waals surface area (Å²) in [4.78, 5) is 69.8. The molecule has 15 heteroatoms. The molecule has 60 heavy (non-hydrogen) atoms. The summed E-state index contributed by atoms with van der Waals surface area (Å²) in [6.07, 6.45) is 11.1. The number of carbonyl (C=O) groups excluding carboxylic acids is 4. The summed E-state index contributed by atoms with van der Waals surface area (Å²) < 4.78 is 42.4. The second-order valence-corrected chi connectivity index (χ2v) is 22.6. The topological polar surface area (TPSA) is 167 Å². The molecule has 0 spiro atoms. The molecule has 2 amide bonds. The number of nitrogens with one attached hydrogen (secondary N) is 1. The van der Waals surface area contributed by atoms with Crippen LogP contribution in [0.2, 0.25) is 0 Å². The zero-order valence-electron chi connectivity index (χ0n) is 35.8. The van der Waals surface area contributed by atoms with Gasteiger partial charge in [-0.25, -0.2) is 13.4 Å². The van der Waals surface area contributed by atoms with Gasteiger partial charge >= 0.3 is 5.97 Å². The van der Waals surface area contributed by atoms with Crippen LogP contribution in [0.15, 0.2) is 30.4 Å². The Kier molecular flexibility index (Phi) is 11.3. The van der Waals surface area contributed by atoms with Crippen molar-refractivity contribution in [1.29, 1.82) is 0 Å². The Bertz CT molecular complexity index is 2320. The molecule has 2 aromatic heterocycles. The number of Topliss-reactive ketones (excluding diaryl/α,β-unsaturated/α-hetero) is 1. The number of esters is 1. The number of para-hydroxylation sites is 1. The highest BCUT2D eigenvalue weighted by Gasteiger charge is 2.62. The minimum Gasteiger partial charge on any atom is -0.460 e. The number of ketones is 1. The van der Waals surface area contributed by atoms with E-state index in [1.54, 1.807) is 43.9 Å². The van der Waals surface area contributed by atoms with E-state index in [-0.39, 0.29) is 49.5 Å². The van der Waals surface area contributed by atoms with Crippen molar-refractivity contribution in [3.63, 3.8) is 0 Å². The number of aryl methyl sites for hydroxylation is 2. The summed E-state index contributed by atoms with van der Waals surface area (Å²) >= 11 is 1.71. The lowest BCUT2D eigenvalue weighted by molar-refractivity contribution is -0.159. The zero-order valence-corrected chi connectivity index (χ0v) is 37.4. The molecule has 2 saturated carbocycles. The van der Waals surface area contributed by atoms with Crippen LogP contribution in [0.1, 0.15) is 135 Å². The van der Waals surface area contributed by atoms with E-state index in [4.69, 9.17) is 19.4 Å². The first kappa shape index (κ1) is 42.6. The molecule has 0 radical (unpaired) electrons. The van der Waals surface area contributed by atoms with E-state index in [2.05, 4.69) is 18.6 Å². The smallest absolute Gasteiger partial charge is 0.307 e. The largest absolute Gasteiger partial charge is 0.460 e. The van der Waals surface area contributed by atoms with Gasteiger partial charge in [-0.1, -0.05) is 31.1 Å². The molecule has 13 nitrogen and oxygen atoms in total. The summed E-state index contributed by atoms with van der Waals surface area (Å²) in [5, 5.41) is 0.925. The fraction of sp³-hybridized carbons (Fsp3) is 0.644. The van der Waals surface area contributed by atoms with Gasteiger partial charge in [0.2, 0.25) is 21.8 Å². The quantitative estimate of drug-likeness (QED) is 0.169. The number of aromatic nitrogens is 3. The maximum atomic E-state index is 14.8. The molecule has 1 aromatic carbocycles. The maximum Gasteiger partial charge on any atom is 0.307 e. The second kappa shape index (κ2) is 16.0. The van der Waals surface area contributed by atoms with E-state index in [0.717, 1.165) is 65.8 Å². The molecular formula is C45H59N5O8S2. The monoisotopic (exact) mass is 861 g/mol. The Morgan fingerprint density at radius 1 is 1.07 bits per heavy atom. The predicted octanol–water partition coefficient (Wildman–Crippen LogP) is 7.41. The number of sulfonamides is 1. The molecule has 4 heterocycles. The van der Waals surface area contributed by atoms with Gasteiger partial charge in [-0.15, -0.1) is 11.3 Å². The Hall–Kier alpha value is -4.11. The van der Waals surface area contributed by atoms with Crippen molar-refractivity contribution in [3.8, 4) is 16.6 Å². The number of thiazole rings is 1. The fourth-order valence-corrected chi connectivity index (χ4v) is 11.8. The van der Waals surface area contributed by atoms with E-state index in [1.165, 1.54) is 4.88 Å². The Morgan fingerprint density at radius 3 is 2.57 bits per heavy atom. The minimum absolute atomic E-state index is 0.0395. The summed E-state index contributed by atoms with van der Waals surface area (Å²) in [6, 6.07) is 5.42. The molecule has 3 fully saturated rings. The SMILES string of the molecule is CC(C)n1c(O[C@@H]2C[C@H]3C(=O)C[C@]4(C(=O)NS(=O)(=O)C5(C)CC5)C[C@H]4/C=C\CCCCC[C@H](CC(=O)OC(C)(C)C)C(=O)N3C2)nc2c(-c3nc4c(s3)CCC4)cccc21. The van der Waals surface area contributed by atoms with Gasteiger partial charge in [0.25, 0.3) is 6.01 Å². The van der Waals surface area contributed by atoms with Crippen molar-refractivity contribution in [3.05, 3.63) is 40.9 Å². The van der Waals surface area contributed by atoms with Gasteiger partial charge in [0.15, 0.2) is 5.78 Å². The second-order valence-electron chi connectivity index (χ2n) is 19.3. The normalized spacial score (nSPS) is 27.4. The predicted molar refractivity (Wildman–Crippen MR) is 229 cm³/mol. The third-order valence-electron chi connectivity index (χ3n) is 13.1. The number of imidazole rings is 1. The van der Waals surface area contributed by atoms with Crippen LogP contribution in [0.4, 0.5) is 0 Å². The number of carbonyl (C=O) groups is 4. The molecule has 3 aromatic rings. The molecule has 1 saturated heterocycles. The van der Waals surface area contributed by atoms with Crippen LogP contribution in [-0.4, -0.2) is 80.5 Å². The van der Waals surface area contributed by atoms with Crippen molar-refractivity contribution in [1.82, 2.24) is 24.2 Å². The number of rotatable bonds is 9. The fourth-order valence-electron chi connectivity index (χ4n) is 9.31. The third-order valence-corrected chi connectivity index (χ3v) is 16.5. The van der Waals surface area contributed by atoms with E-state index >= 15 is 0 Å². The zero-order chi connectivity index (χ0) is 42.8. The van der Waals surface area contributed by atoms with Gasteiger partial charge in [-0.3, -0.25) is 28.5 Å². The van der Waals surface area contributed by atoms with Crippen LogP contribution in [-0.2, 0) is 46.8 Å². The number of allylic oxidation sites excluding steroid dienone is 2. The van der Waals surface area contributed by atoms with Crippen molar-refractivity contribution in [2.75, 3.05) is 6.54 Å². The van der Waals surface area contributed by atoms with Gasteiger partial charge in [0.1, 0.15) is 22.2 Å². The van der Waals surface area contributed by atoms with Crippen LogP contribution in [0.3, 0.4) is 0 Å². The lowest BCUT2D eigenvalue weighted by atomic mass is 9.90. The number of fused-ring (bicyclic) bond motifs is 4. The first-order valence-corrected chi connectivity index (χ1v) is 24.1. The molecule has 2 aliphatic heterocycles. The standard InChI is InChI=1S/C45H59N5O8S2/c1-27(2)50-33-18-12-16-31(39-46-32-17-13-19-36(32)59-39)38(33)47-42(50)57-30-23-34-35(51)25-45(41(54)48-60(55,56)44(6)20-21-44)24-29(45)15-11-9-7-8-10-14-28(40(53)49(34)26-30)22-37(52)58-43(3,4)5/h11-12,15-16,18,27-30,34H,7-10,13-14,17,19-26H2,1-6H3,(H,48,54)/b15-11-/t28-,29-,30-,34+,45-/m1/s1. The molecule has 0 bridgehead atoms. The molecule has 5 atom stereocenters. The third kappa shape index (κ3) is 8.41. The summed E-state index contributed by atoms with van der Waals surface area (Å²) in [7, 11) is -3.95. The van der Waals surface area contributed by atoms with Crippen LogP contribution in [0, 0.1) is 17.3 Å². The van der Waals surface area contributed by atoms with E-state index < -0.39 is 55.7 Å². The van der Waals surface area contributed by atoms with Gasteiger partial charge in [0.05, 0.1) is 40.4 Å². The van der Waals surface area contributed by atoms with Crippen molar-refractivity contribution >= 4 is 56.0 Å². The highest BCUT2D eigenvalue weighted by Crippen LogP contribution is 2.58. The first-order chi connectivity index (χ1) is 28.4. The van der Waals surface area contributed by atoms with E-state index in [0.29, 0.717) is 38.1 Å². The lowest BCUT2D eigenvalue weighted by Crippen LogP contribution is -2.47. The average Bonchev–Trinajstić information content (AvgIpc) is 3.72. The van der Waals surface area contributed by atoms with Crippen LogP contribution < -0.4 is 9.46 Å². The van der Waals surface area contributed by atoms with E-state index in [1.807, 2.05) is 34.9 Å². The molecule has 1 N–H and O–H groups in total. The Labute approximate surface area is 357 Å². The van der Waals surface area contributed by atoms with Crippen LogP contribution in [0.5, 0.6) is 6.01 Å². The van der Waals surface area contributed by atoms with Gasteiger partial charge in [-0.2, -0.15) is 4.98 Å². The number of hydrogen-bond donors (Lipinski definition) is 1. The molecule has 5 aliphatic rings. The highest BCUT2D eigenvalue weighted by molar-refractivity contribution is 7.91. The Balaban J connectivity index is 1.12. The van der Waals surface area contributed by atoms with Gasteiger partial charge in [0, 0.05) is 35.2 Å². The van der Waals surface area contributed by atoms with Crippen molar-refractivity contribution in [2.24, 2.45) is 17.3 Å². The molecular weight excluding hydrogens is 803 g/mol. The first-order valence-electron chi connectivity index (χ1n) is 21.8. The minimum atomic E-state index is -3.95. The number of amides is 2. The summed E-state index contributed by atoms with van der Waals surface area (Å²) in [5.74, 6) is -2.85.